The third-order valence-corrected chi connectivity index (χ3v) is 7.06. The molecular weight excluding hydrogens is 484 g/mol. The Morgan fingerprint density at radius 2 is 1.50 bits per heavy atom. The highest BCUT2D eigenvalue weighted by atomic mass is 17.2. The Hall–Kier alpha value is -2.87. The minimum atomic E-state index is -1.50. The summed E-state index contributed by atoms with van der Waals surface area (Å²) in [5.74, 6) is -8.34. The number of esters is 1. The fourth-order valence-electron chi connectivity index (χ4n) is 5.14. The van der Waals surface area contributed by atoms with Crippen LogP contribution in [0.1, 0.15) is 71.1 Å². The molecule has 2 N–H and O–H groups in total. The van der Waals surface area contributed by atoms with Gasteiger partial charge in [-0.15, -0.1) is 0 Å². The van der Waals surface area contributed by atoms with Gasteiger partial charge in [-0.2, -0.15) is 4.89 Å². The van der Waals surface area contributed by atoms with Gasteiger partial charge >= 0.3 is 17.9 Å². The molecule has 0 heterocycles. The van der Waals surface area contributed by atoms with Gasteiger partial charge in [0.05, 0.1) is 24.4 Å². The number of nitrogens with zero attached hydrogens (tertiary/aromatic N) is 2. The van der Waals surface area contributed by atoms with Crippen molar-refractivity contribution in [3.63, 3.8) is 0 Å². The van der Waals surface area contributed by atoms with E-state index in [4.69, 9.17) is 14.5 Å². The Bertz CT molecular complexity index is 762. The van der Waals surface area contributed by atoms with Gasteiger partial charge in [0.15, 0.2) is 0 Å². The standard InChI is InChI=1S/C22H34N2O12/c1-2-3-4-11-18(35-22(29)19-14(21(27)28)8-6-10-17(19)24(32)33)36-34-12-15-13(20(25)26)7-5-9-16(15)23(30)31/h13-19H,2-12H2,1H3,(H,25,26)(H,27,28). The molecule has 7 unspecified atom stereocenters. The number of carboxylic acid groups (broad SMARTS) is 2. The monoisotopic (exact) mass is 518 g/mol. The second kappa shape index (κ2) is 14.0. The minimum Gasteiger partial charge on any atom is -0.481 e. The molecule has 36 heavy (non-hydrogen) atoms. The molecule has 0 aromatic carbocycles. The Labute approximate surface area is 207 Å². The second-order valence-corrected chi connectivity index (χ2v) is 9.39. The molecule has 0 aromatic rings. The Balaban J connectivity index is 2.11. The van der Waals surface area contributed by atoms with Gasteiger partial charge < -0.3 is 14.9 Å². The molecule has 7 atom stereocenters. The zero-order valence-electron chi connectivity index (χ0n) is 20.2. The molecular formula is C22H34N2O12. The zero-order valence-corrected chi connectivity index (χ0v) is 20.2. The predicted molar refractivity (Wildman–Crippen MR) is 120 cm³/mol. The SMILES string of the molecule is CCCCCC(OOCC1C(C(=O)O)CCCC1[N+](=O)[O-])OC(=O)C1C(C(=O)O)CCCC1[N+](=O)[O-]. The fourth-order valence-corrected chi connectivity index (χ4v) is 5.14. The summed E-state index contributed by atoms with van der Waals surface area (Å²) in [6.07, 6.45) is 2.15. The Morgan fingerprint density at radius 3 is 2.06 bits per heavy atom. The molecule has 2 rings (SSSR count). The highest BCUT2D eigenvalue weighted by Gasteiger charge is 2.50. The van der Waals surface area contributed by atoms with Crippen LogP contribution in [-0.2, 0) is 28.9 Å². The van der Waals surface area contributed by atoms with Crippen LogP contribution < -0.4 is 0 Å². The van der Waals surface area contributed by atoms with Crippen molar-refractivity contribution in [2.24, 2.45) is 23.7 Å². The molecule has 2 aliphatic rings. The van der Waals surface area contributed by atoms with E-state index in [0.29, 0.717) is 12.8 Å². The third-order valence-electron chi connectivity index (χ3n) is 7.06. The van der Waals surface area contributed by atoms with Crippen molar-refractivity contribution in [3.8, 4) is 0 Å². The highest BCUT2D eigenvalue weighted by molar-refractivity contribution is 5.82. The average molecular weight is 519 g/mol. The van der Waals surface area contributed by atoms with Crippen LogP contribution in [0.5, 0.6) is 0 Å². The van der Waals surface area contributed by atoms with Crippen molar-refractivity contribution in [2.45, 2.75) is 89.5 Å². The third kappa shape index (κ3) is 7.82. The number of unbranched alkanes of at least 4 members (excludes halogenated alkanes) is 2. The summed E-state index contributed by atoms with van der Waals surface area (Å²) in [7, 11) is 0. The first-order valence-corrected chi connectivity index (χ1v) is 12.3. The van der Waals surface area contributed by atoms with Crippen LogP contribution in [0.15, 0.2) is 0 Å². The average Bonchev–Trinajstić information content (AvgIpc) is 2.83. The summed E-state index contributed by atoms with van der Waals surface area (Å²) in [4.78, 5) is 68.3. The largest absolute Gasteiger partial charge is 0.481 e. The smallest absolute Gasteiger partial charge is 0.319 e. The number of ether oxygens (including phenoxy) is 1. The van der Waals surface area contributed by atoms with Crippen LogP contribution in [0.2, 0.25) is 0 Å². The summed E-state index contributed by atoms with van der Waals surface area (Å²) in [6.45, 7) is 1.51. The van der Waals surface area contributed by atoms with E-state index < -0.39 is 76.4 Å². The first-order chi connectivity index (χ1) is 17.1. The first-order valence-electron chi connectivity index (χ1n) is 12.3. The fraction of sp³-hybridized carbons (Fsp3) is 0.864. The van der Waals surface area contributed by atoms with Gasteiger partial charge in [0.1, 0.15) is 5.92 Å². The van der Waals surface area contributed by atoms with E-state index in [-0.39, 0.29) is 38.5 Å². The van der Waals surface area contributed by atoms with Crippen LogP contribution in [0.25, 0.3) is 0 Å². The lowest BCUT2D eigenvalue weighted by Gasteiger charge is -2.31. The molecule has 0 amide bonds. The van der Waals surface area contributed by atoms with Crippen LogP contribution in [0.3, 0.4) is 0 Å². The minimum absolute atomic E-state index is 0.0366. The zero-order chi connectivity index (χ0) is 26.8. The number of nitro groups is 2. The normalized spacial score (nSPS) is 29.1. The molecule has 14 nitrogen and oxygen atoms in total. The number of hydrogen-bond donors (Lipinski definition) is 2. The molecule has 2 aliphatic carbocycles. The van der Waals surface area contributed by atoms with E-state index in [1.807, 2.05) is 6.92 Å². The second-order valence-electron chi connectivity index (χ2n) is 9.39. The van der Waals surface area contributed by atoms with Crippen molar-refractivity contribution < 1.29 is 49.0 Å². The molecule has 204 valence electrons. The maximum Gasteiger partial charge on any atom is 0.319 e. The number of aliphatic carboxylic acids is 2. The molecule has 0 aromatic heterocycles. The van der Waals surface area contributed by atoms with Crippen molar-refractivity contribution in [1.82, 2.24) is 0 Å². The lowest BCUT2D eigenvalue weighted by atomic mass is 9.76. The molecule has 0 radical (unpaired) electrons. The maximum absolute atomic E-state index is 12.9. The lowest BCUT2D eigenvalue weighted by Crippen LogP contribution is -2.47. The van der Waals surface area contributed by atoms with E-state index in [0.717, 1.165) is 12.8 Å². The Morgan fingerprint density at radius 1 is 0.917 bits per heavy atom. The number of hydrogen-bond acceptors (Lipinski definition) is 10. The van der Waals surface area contributed by atoms with E-state index in [1.165, 1.54) is 0 Å². The van der Waals surface area contributed by atoms with Crippen LogP contribution in [0, 0.1) is 43.9 Å². The molecule has 0 spiro atoms. The molecule has 2 saturated carbocycles. The number of carboxylic acids is 2. The van der Waals surface area contributed by atoms with Crippen molar-refractivity contribution in [3.05, 3.63) is 20.2 Å². The van der Waals surface area contributed by atoms with Gasteiger partial charge in [-0.05, 0) is 32.1 Å². The summed E-state index contributed by atoms with van der Waals surface area (Å²) < 4.78 is 5.33. The van der Waals surface area contributed by atoms with Crippen molar-refractivity contribution >= 4 is 17.9 Å². The number of rotatable bonds is 14. The van der Waals surface area contributed by atoms with Gasteiger partial charge in [0.25, 0.3) is 0 Å². The summed E-state index contributed by atoms with van der Waals surface area (Å²) in [5.41, 5.74) is 0. The highest BCUT2D eigenvalue weighted by Crippen LogP contribution is 2.35. The first kappa shape index (κ1) is 29.4. The van der Waals surface area contributed by atoms with Crippen LogP contribution in [0.4, 0.5) is 0 Å². The van der Waals surface area contributed by atoms with E-state index >= 15 is 0 Å². The summed E-state index contributed by atoms with van der Waals surface area (Å²) in [5, 5.41) is 41.9. The summed E-state index contributed by atoms with van der Waals surface area (Å²) in [6, 6.07) is -2.55. The van der Waals surface area contributed by atoms with Gasteiger partial charge in [-0.25, -0.2) is 4.89 Å². The quantitative estimate of drug-likeness (QED) is 0.0850. The Kier molecular flexibility index (Phi) is 11.4. The lowest BCUT2D eigenvalue weighted by molar-refractivity contribution is -0.541. The van der Waals surface area contributed by atoms with E-state index in [1.54, 1.807) is 0 Å². The van der Waals surface area contributed by atoms with Crippen LogP contribution in [-0.4, -0.2) is 62.9 Å². The van der Waals surface area contributed by atoms with E-state index in [2.05, 4.69) is 0 Å². The number of carbonyl (C=O) groups is 3. The number of carbonyl (C=O) groups excluding carboxylic acids is 1. The summed E-state index contributed by atoms with van der Waals surface area (Å²) >= 11 is 0. The van der Waals surface area contributed by atoms with Gasteiger partial charge in [0, 0.05) is 29.1 Å². The van der Waals surface area contributed by atoms with Crippen LogP contribution >= 0.6 is 0 Å². The predicted octanol–water partition coefficient (Wildman–Crippen LogP) is 2.68. The van der Waals surface area contributed by atoms with Gasteiger partial charge in [-0.1, -0.05) is 19.8 Å². The van der Waals surface area contributed by atoms with Gasteiger partial charge in [-0.3, -0.25) is 34.6 Å². The topological polar surface area (TPSA) is 206 Å². The maximum atomic E-state index is 12.9. The van der Waals surface area contributed by atoms with Crippen molar-refractivity contribution in [1.29, 1.82) is 0 Å². The molecule has 0 aliphatic heterocycles. The molecule has 0 bridgehead atoms. The van der Waals surface area contributed by atoms with Crippen molar-refractivity contribution in [2.75, 3.05) is 6.61 Å². The molecule has 0 saturated heterocycles. The molecule has 14 heteroatoms. The van der Waals surface area contributed by atoms with Gasteiger partial charge in [0.2, 0.25) is 18.4 Å². The molecule has 2 fully saturated rings. The van der Waals surface area contributed by atoms with E-state index in [9.17, 15) is 44.8 Å².